The number of aliphatic hydroxyl groups excluding tert-OH is 1. The summed E-state index contributed by atoms with van der Waals surface area (Å²) in [7, 11) is 3.42. The standard InChI is InChI=1S/C23H41NO2.C7H16O2/c1-6-8-10-12-20(19-13-14-19)24-21(11-9-7-2)23(25)22-15-16(3)17(4)18(5)26-22;1-4-5-7(9-3)6-8-2/h11,17-20,22-25H,3,6-10,12-15H2,1-2,4-5H3;7H,4-6H2,1-3H3/b21-11-;. The van der Waals surface area contributed by atoms with Gasteiger partial charge >= 0.3 is 0 Å². The van der Waals surface area contributed by atoms with Crippen LogP contribution in [0.2, 0.25) is 0 Å². The first-order chi connectivity index (χ1) is 16.8. The fraction of sp³-hybridized carbons (Fsp3) is 0.867. The molecule has 1 heterocycles. The Balaban J connectivity index is 0.000000579. The predicted octanol–water partition coefficient (Wildman–Crippen LogP) is 6.80. The molecule has 0 bridgehead atoms. The summed E-state index contributed by atoms with van der Waals surface area (Å²) in [6.45, 7) is 15.8. The smallest absolute Gasteiger partial charge is 0.119 e. The molecule has 1 aliphatic carbocycles. The lowest BCUT2D eigenvalue weighted by Gasteiger charge is -2.38. The highest BCUT2D eigenvalue weighted by atomic mass is 16.5. The van der Waals surface area contributed by atoms with Crippen molar-refractivity contribution in [3.05, 3.63) is 23.9 Å². The van der Waals surface area contributed by atoms with Gasteiger partial charge in [-0.25, -0.2) is 0 Å². The van der Waals surface area contributed by atoms with Crippen molar-refractivity contribution in [3.63, 3.8) is 0 Å². The van der Waals surface area contributed by atoms with Crippen LogP contribution in [0.4, 0.5) is 0 Å². The molecule has 5 nitrogen and oxygen atoms in total. The Morgan fingerprint density at radius 2 is 1.83 bits per heavy atom. The minimum absolute atomic E-state index is 0.118. The van der Waals surface area contributed by atoms with Gasteiger partial charge in [-0.2, -0.15) is 0 Å². The number of nitrogens with one attached hydrogen (secondary N) is 1. The van der Waals surface area contributed by atoms with Crippen molar-refractivity contribution in [2.75, 3.05) is 20.8 Å². The van der Waals surface area contributed by atoms with Crippen molar-refractivity contribution >= 4 is 0 Å². The van der Waals surface area contributed by atoms with Crippen LogP contribution < -0.4 is 5.32 Å². The second-order valence-corrected chi connectivity index (χ2v) is 10.6. The van der Waals surface area contributed by atoms with Gasteiger partial charge in [-0.05, 0) is 51.4 Å². The molecular weight excluding hydrogens is 438 g/mol. The molecule has 1 aliphatic heterocycles. The third-order valence-electron chi connectivity index (χ3n) is 7.48. The third kappa shape index (κ3) is 12.3. The number of methoxy groups -OCH3 is 2. The molecule has 5 heteroatoms. The van der Waals surface area contributed by atoms with Gasteiger partial charge in [-0.1, -0.05) is 78.0 Å². The minimum atomic E-state index is -0.583. The van der Waals surface area contributed by atoms with Gasteiger partial charge in [-0.15, -0.1) is 0 Å². The molecule has 0 aromatic carbocycles. The van der Waals surface area contributed by atoms with E-state index in [4.69, 9.17) is 14.2 Å². The lowest BCUT2D eigenvalue weighted by Crippen LogP contribution is -2.45. The van der Waals surface area contributed by atoms with Crippen molar-refractivity contribution in [1.82, 2.24) is 5.32 Å². The second kappa shape index (κ2) is 18.4. The molecule has 0 amide bonds. The maximum atomic E-state index is 11.1. The van der Waals surface area contributed by atoms with E-state index in [1.807, 2.05) is 0 Å². The highest BCUT2D eigenvalue weighted by molar-refractivity contribution is 5.16. The fourth-order valence-electron chi connectivity index (χ4n) is 4.70. The van der Waals surface area contributed by atoms with Crippen molar-refractivity contribution in [2.24, 2.45) is 11.8 Å². The van der Waals surface area contributed by atoms with Crippen LogP contribution in [-0.4, -0.2) is 56.4 Å². The number of hydrogen-bond donors (Lipinski definition) is 2. The molecule has 0 radical (unpaired) electrons. The zero-order chi connectivity index (χ0) is 26.2. The fourth-order valence-corrected chi connectivity index (χ4v) is 4.70. The summed E-state index contributed by atoms with van der Waals surface area (Å²) >= 11 is 0. The Kier molecular flexibility index (Phi) is 16.9. The largest absolute Gasteiger partial charge is 0.384 e. The van der Waals surface area contributed by atoms with E-state index in [9.17, 15) is 5.11 Å². The molecular formula is C30H57NO4. The van der Waals surface area contributed by atoms with E-state index in [2.05, 4.69) is 52.6 Å². The van der Waals surface area contributed by atoms with Crippen molar-refractivity contribution in [3.8, 4) is 0 Å². The van der Waals surface area contributed by atoms with Crippen LogP contribution in [0.25, 0.3) is 0 Å². The summed E-state index contributed by atoms with van der Waals surface area (Å²) in [6, 6.07) is 0.502. The van der Waals surface area contributed by atoms with Crippen LogP contribution in [0.3, 0.4) is 0 Å². The molecule has 35 heavy (non-hydrogen) atoms. The number of ether oxygens (including phenoxy) is 3. The van der Waals surface area contributed by atoms with E-state index in [-0.39, 0.29) is 12.2 Å². The normalized spacial score (nSPS) is 25.4. The number of hydrogen-bond acceptors (Lipinski definition) is 5. The first-order valence-corrected chi connectivity index (χ1v) is 14.3. The third-order valence-corrected chi connectivity index (χ3v) is 7.48. The Morgan fingerprint density at radius 3 is 2.34 bits per heavy atom. The van der Waals surface area contributed by atoms with E-state index < -0.39 is 6.10 Å². The summed E-state index contributed by atoms with van der Waals surface area (Å²) in [5.74, 6) is 1.15. The summed E-state index contributed by atoms with van der Waals surface area (Å²) in [5.41, 5.74) is 2.18. The van der Waals surface area contributed by atoms with Gasteiger partial charge in [0.2, 0.25) is 0 Å². The lowest BCUT2D eigenvalue weighted by atomic mass is 9.87. The molecule has 1 saturated carbocycles. The molecule has 0 aromatic heterocycles. The number of unbranched alkanes of at least 4 members (excludes halogenated alkanes) is 3. The van der Waals surface area contributed by atoms with E-state index in [1.54, 1.807) is 14.2 Å². The van der Waals surface area contributed by atoms with E-state index in [1.165, 1.54) is 44.1 Å². The van der Waals surface area contributed by atoms with Crippen LogP contribution in [0, 0.1) is 11.8 Å². The van der Waals surface area contributed by atoms with Gasteiger partial charge in [0.15, 0.2) is 0 Å². The van der Waals surface area contributed by atoms with Crippen molar-refractivity contribution in [2.45, 2.75) is 136 Å². The molecule has 2 rings (SSSR count). The molecule has 2 aliphatic rings. The van der Waals surface area contributed by atoms with Crippen molar-refractivity contribution in [1.29, 1.82) is 0 Å². The molecule has 0 aromatic rings. The molecule has 6 atom stereocenters. The van der Waals surface area contributed by atoms with Gasteiger partial charge in [0, 0.05) is 31.9 Å². The van der Waals surface area contributed by atoms with Crippen molar-refractivity contribution < 1.29 is 19.3 Å². The minimum Gasteiger partial charge on any atom is -0.384 e. The maximum absolute atomic E-state index is 11.1. The number of aliphatic hydroxyl groups is 1. The summed E-state index contributed by atoms with van der Waals surface area (Å²) < 4.78 is 16.2. The average Bonchev–Trinajstić information content (AvgIpc) is 3.69. The molecule has 2 fully saturated rings. The average molecular weight is 496 g/mol. The highest BCUT2D eigenvalue weighted by Crippen LogP contribution is 2.36. The predicted molar refractivity (Wildman–Crippen MR) is 148 cm³/mol. The van der Waals surface area contributed by atoms with Crippen LogP contribution in [0.1, 0.15) is 105 Å². The SMILES string of the molecule is C=C1CC(C(O)/C(=C/CCC)NC(CCCCC)C2CC2)OC(C)C1C.CCCC(COC)OC. The Labute approximate surface area is 217 Å². The number of allylic oxidation sites excluding steroid dienone is 1. The topological polar surface area (TPSA) is 60.0 Å². The molecule has 1 saturated heterocycles. The van der Waals surface area contributed by atoms with E-state index in [0.29, 0.717) is 24.7 Å². The quantitative estimate of drug-likeness (QED) is 0.182. The zero-order valence-electron chi connectivity index (χ0n) is 24.0. The molecule has 2 N–H and O–H groups in total. The maximum Gasteiger partial charge on any atom is 0.119 e. The molecule has 0 spiro atoms. The zero-order valence-corrected chi connectivity index (χ0v) is 24.0. The van der Waals surface area contributed by atoms with Crippen LogP contribution >= 0.6 is 0 Å². The van der Waals surface area contributed by atoms with E-state index in [0.717, 1.165) is 43.7 Å². The van der Waals surface area contributed by atoms with Crippen LogP contribution in [0.5, 0.6) is 0 Å². The highest BCUT2D eigenvalue weighted by Gasteiger charge is 2.36. The number of rotatable bonds is 16. The van der Waals surface area contributed by atoms with Gasteiger partial charge in [0.25, 0.3) is 0 Å². The van der Waals surface area contributed by atoms with Gasteiger partial charge in [0.05, 0.1) is 24.9 Å². The molecule has 206 valence electrons. The Morgan fingerprint density at radius 1 is 1.11 bits per heavy atom. The molecule has 6 unspecified atom stereocenters. The second-order valence-electron chi connectivity index (χ2n) is 10.6. The monoisotopic (exact) mass is 495 g/mol. The van der Waals surface area contributed by atoms with Gasteiger partial charge in [-0.3, -0.25) is 0 Å². The Hall–Kier alpha value is -0.880. The lowest BCUT2D eigenvalue weighted by molar-refractivity contribution is -0.0919. The van der Waals surface area contributed by atoms with Gasteiger partial charge in [0.1, 0.15) is 6.10 Å². The summed E-state index contributed by atoms with van der Waals surface area (Å²) in [5, 5.41) is 14.9. The Bertz CT molecular complexity index is 583. The summed E-state index contributed by atoms with van der Waals surface area (Å²) in [6.07, 6.45) is 14.6. The van der Waals surface area contributed by atoms with Gasteiger partial charge < -0.3 is 24.6 Å². The first-order valence-electron chi connectivity index (χ1n) is 14.3. The van der Waals surface area contributed by atoms with Crippen LogP contribution in [0.15, 0.2) is 23.9 Å². The van der Waals surface area contributed by atoms with E-state index >= 15 is 0 Å². The van der Waals surface area contributed by atoms with Crippen LogP contribution in [-0.2, 0) is 14.2 Å². The first kappa shape index (κ1) is 32.1. The summed E-state index contributed by atoms with van der Waals surface area (Å²) in [4.78, 5) is 0.